The average Bonchev–Trinajstić information content (AvgIpc) is 2.73. The lowest BCUT2D eigenvalue weighted by molar-refractivity contribution is -0.118. The van der Waals surface area contributed by atoms with E-state index in [1.807, 2.05) is 0 Å². The molecule has 30 heavy (non-hydrogen) atoms. The largest absolute Gasteiger partial charge is 0.396 e. The Morgan fingerprint density at radius 1 is 0.667 bits per heavy atom. The lowest BCUT2D eigenvalue weighted by Crippen LogP contribution is -2.09. The molecule has 1 amide bonds. The molecule has 178 valence electrons. The molecule has 0 rings (SSSR count). The fourth-order valence-electron chi connectivity index (χ4n) is 3.94. The molecule has 0 radical (unpaired) electrons. The minimum atomic E-state index is -0.159. The summed E-state index contributed by atoms with van der Waals surface area (Å²) in [6, 6.07) is 0. The molecule has 0 aliphatic rings. The van der Waals surface area contributed by atoms with Gasteiger partial charge in [-0.3, -0.25) is 4.79 Å². The van der Waals surface area contributed by atoms with Gasteiger partial charge >= 0.3 is 0 Å². The van der Waals surface area contributed by atoms with Gasteiger partial charge in [0.2, 0.25) is 5.91 Å². The van der Waals surface area contributed by atoms with E-state index in [0.717, 1.165) is 12.8 Å². The summed E-state index contributed by atoms with van der Waals surface area (Å²) in [5, 5.41) is 9.00. The molecule has 0 saturated carbocycles. The van der Waals surface area contributed by atoms with E-state index in [1.54, 1.807) is 0 Å². The minimum absolute atomic E-state index is 0.159. The maximum Gasteiger partial charge on any atom is 0.217 e. The maximum absolute atomic E-state index is 10.6. The number of aliphatic hydroxyl groups excluding tert-OH is 1. The lowest BCUT2D eigenvalue weighted by atomic mass is 10.0. The predicted octanol–water partition coefficient (Wildman–Crippen LogP) is 7.85. The van der Waals surface area contributed by atoms with Crippen LogP contribution in [0.2, 0.25) is 0 Å². The zero-order valence-corrected chi connectivity index (χ0v) is 20.2. The van der Waals surface area contributed by atoms with Crippen molar-refractivity contribution in [1.82, 2.24) is 0 Å². The number of rotatable bonds is 24. The van der Waals surface area contributed by atoms with Gasteiger partial charge in [-0.2, -0.15) is 0 Å². The first-order valence-corrected chi connectivity index (χ1v) is 13.2. The van der Waals surface area contributed by atoms with Crippen molar-refractivity contribution >= 4 is 5.91 Å². The molecule has 0 heterocycles. The monoisotopic (exact) mass is 423 g/mol. The molecule has 0 aromatic rings. The molecule has 3 heteroatoms. The van der Waals surface area contributed by atoms with Gasteiger partial charge in [-0.1, -0.05) is 109 Å². The van der Waals surface area contributed by atoms with Crippen LogP contribution in [0.5, 0.6) is 0 Å². The van der Waals surface area contributed by atoms with E-state index in [0.29, 0.717) is 18.9 Å². The number of allylic oxidation sites excluding steroid dienone is 2. The molecule has 0 bridgehead atoms. The van der Waals surface area contributed by atoms with Crippen LogP contribution in [-0.4, -0.2) is 17.6 Å². The van der Waals surface area contributed by atoms with Gasteiger partial charge in [0.25, 0.3) is 0 Å². The van der Waals surface area contributed by atoms with E-state index < -0.39 is 0 Å². The smallest absolute Gasteiger partial charge is 0.217 e. The number of unbranched alkanes of at least 4 members (excludes halogenated alkanes) is 17. The van der Waals surface area contributed by atoms with Gasteiger partial charge in [-0.25, -0.2) is 0 Å². The van der Waals surface area contributed by atoms with Gasteiger partial charge in [0, 0.05) is 13.0 Å². The first-order valence-electron chi connectivity index (χ1n) is 13.2. The van der Waals surface area contributed by atoms with Gasteiger partial charge in [-0.15, -0.1) is 0 Å². The van der Waals surface area contributed by atoms with E-state index >= 15 is 0 Å². The van der Waals surface area contributed by atoms with E-state index in [-0.39, 0.29) is 5.91 Å². The quantitative estimate of drug-likeness (QED) is 0.123. The summed E-state index contributed by atoms with van der Waals surface area (Å²) >= 11 is 0. The van der Waals surface area contributed by atoms with Crippen molar-refractivity contribution in [3.63, 3.8) is 0 Å². The fourth-order valence-corrected chi connectivity index (χ4v) is 3.94. The normalized spacial score (nSPS) is 12.6. The number of aliphatic hydroxyl groups is 1. The van der Waals surface area contributed by atoms with Crippen molar-refractivity contribution in [2.75, 3.05) is 6.61 Å². The summed E-state index contributed by atoms with van der Waals surface area (Å²) < 4.78 is 0. The van der Waals surface area contributed by atoms with Crippen molar-refractivity contribution in [3.8, 4) is 0 Å². The van der Waals surface area contributed by atoms with Crippen LogP contribution in [0.4, 0.5) is 0 Å². The zero-order chi connectivity index (χ0) is 22.1. The van der Waals surface area contributed by atoms with Crippen LogP contribution in [0.3, 0.4) is 0 Å². The van der Waals surface area contributed by atoms with Gasteiger partial charge in [-0.05, 0) is 44.4 Å². The number of carbonyl (C=O) groups is 1. The highest BCUT2D eigenvalue weighted by Crippen LogP contribution is 2.14. The fraction of sp³-hybridized carbons (Fsp3) is 0.889. The van der Waals surface area contributed by atoms with Gasteiger partial charge < -0.3 is 10.8 Å². The van der Waals surface area contributed by atoms with Crippen LogP contribution in [0, 0.1) is 5.92 Å². The van der Waals surface area contributed by atoms with Crippen molar-refractivity contribution < 1.29 is 9.90 Å². The van der Waals surface area contributed by atoms with Crippen LogP contribution in [0.25, 0.3) is 0 Å². The Hall–Kier alpha value is -0.830. The third-order valence-electron chi connectivity index (χ3n) is 6.09. The Bertz CT molecular complexity index is 381. The number of nitrogens with two attached hydrogens (primary N) is 1. The van der Waals surface area contributed by atoms with E-state index in [2.05, 4.69) is 19.1 Å². The Labute approximate surface area is 188 Å². The standard InChI is InChI=1S/C27H53NO2/c1-26(25-29)23-21-19-17-15-13-11-9-7-5-3-2-4-6-8-10-12-14-16-18-20-22-24-27(28)30/h5,7,26,29H,2-4,6,8-25H2,1H3,(H2,28,30)/b7-5-. The summed E-state index contributed by atoms with van der Waals surface area (Å²) in [6.07, 6.45) is 31.4. The highest BCUT2D eigenvalue weighted by atomic mass is 16.3. The third-order valence-corrected chi connectivity index (χ3v) is 6.09. The summed E-state index contributed by atoms with van der Waals surface area (Å²) in [5.41, 5.74) is 5.14. The summed E-state index contributed by atoms with van der Waals surface area (Å²) in [5.74, 6) is 0.325. The first-order chi connectivity index (χ1) is 14.7. The molecule has 0 aromatic heterocycles. The number of primary amides is 1. The summed E-state index contributed by atoms with van der Waals surface area (Å²) in [6.45, 7) is 2.48. The molecule has 0 saturated heterocycles. The first kappa shape index (κ1) is 29.2. The molecule has 3 N–H and O–H groups in total. The van der Waals surface area contributed by atoms with Crippen LogP contribution in [-0.2, 0) is 4.79 Å². The molecule has 0 aliphatic heterocycles. The van der Waals surface area contributed by atoms with Crippen molar-refractivity contribution in [1.29, 1.82) is 0 Å². The molecular formula is C27H53NO2. The van der Waals surface area contributed by atoms with Crippen LogP contribution in [0.1, 0.15) is 142 Å². The molecule has 3 nitrogen and oxygen atoms in total. The van der Waals surface area contributed by atoms with Gasteiger partial charge in [0.05, 0.1) is 0 Å². The summed E-state index contributed by atoms with van der Waals surface area (Å²) in [4.78, 5) is 10.6. The Balaban J connectivity index is 3.11. The third kappa shape index (κ3) is 25.2. The minimum Gasteiger partial charge on any atom is -0.396 e. The van der Waals surface area contributed by atoms with Gasteiger partial charge in [0.1, 0.15) is 0 Å². The Morgan fingerprint density at radius 3 is 1.43 bits per heavy atom. The molecule has 0 aromatic carbocycles. The number of hydrogen-bond donors (Lipinski definition) is 2. The number of amides is 1. The van der Waals surface area contributed by atoms with Crippen LogP contribution < -0.4 is 5.73 Å². The van der Waals surface area contributed by atoms with Crippen LogP contribution in [0.15, 0.2) is 12.2 Å². The number of hydrogen-bond acceptors (Lipinski definition) is 2. The Kier molecular flexibility index (Phi) is 23.8. The van der Waals surface area contributed by atoms with Gasteiger partial charge in [0.15, 0.2) is 0 Å². The second-order valence-corrected chi connectivity index (χ2v) is 9.35. The molecular weight excluding hydrogens is 370 g/mol. The van der Waals surface area contributed by atoms with Crippen molar-refractivity contribution in [2.45, 2.75) is 142 Å². The molecule has 0 fully saturated rings. The lowest BCUT2D eigenvalue weighted by Gasteiger charge is -2.06. The van der Waals surface area contributed by atoms with Crippen molar-refractivity contribution in [2.24, 2.45) is 11.7 Å². The van der Waals surface area contributed by atoms with Crippen molar-refractivity contribution in [3.05, 3.63) is 12.2 Å². The van der Waals surface area contributed by atoms with E-state index in [9.17, 15) is 4.79 Å². The van der Waals surface area contributed by atoms with E-state index in [4.69, 9.17) is 10.8 Å². The molecule has 0 spiro atoms. The van der Waals surface area contributed by atoms with E-state index in [1.165, 1.54) is 116 Å². The maximum atomic E-state index is 10.6. The SMILES string of the molecule is CC(CO)CCCCCCCC/C=C\CCCCCCCCCCCCCC(N)=O. The average molecular weight is 424 g/mol. The highest BCUT2D eigenvalue weighted by Gasteiger charge is 1.99. The predicted molar refractivity (Wildman–Crippen MR) is 132 cm³/mol. The molecule has 1 atom stereocenters. The topological polar surface area (TPSA) is 63.3 Å². The second-order valence-electron chi connectivity index (χ2n) is 9.35. The summed E-state index contributed by atoms with van der Waals surface area (Å²) in [7, 11) is 0. The number of carbonyl (C=O) groups excluding carboxylic acids is 1. The Morgan fingerprint density at radius 2 is 1.03 bits per heavy atom. The molecule has 1 unspecified atom stereocenters. The molecule has 0 aliphatic carbocycles. The zero-order valence-electron chi connectivity index (χ0n) is 20.2. The second kappa shape index (κ2) is 24.4. The highest BCUT2D eigenvalue weighted by molar-refractivity contribution is 5.73. The van der Waals surface area contributed by atoms with Crippen LogP contribution >= 0.6 is 0 Å².